The van der Waals surface area contributed by atoms with Gasteiger partial charge in [0, 0.05) is 46.3 Å². The van der Waals surface area contributed by atoms with Gasteiger partial charge in [0.15, 0.2) is 0 Å². The maximum atomic E-state index is 13.6. The Bertz CT molecular complexity index is 1210. The lowest BCUT2D eigenvalue weighted by molar-refractivity contribution is 0.0600. The van der Waals surface area contributed by atoms with Crippen LogP contribution in [0.1, 0.15) is 36.2 Å². The Balaban J connectivity index is 0.00000161. The Morgan fingerprint density at radius 1 is 0.921 bits per heavy atom. The van der Waals surface area contributed by atoms with E-state index >= 15 is 0 Å². The van der Waals surface area contributed by atoms with Crippen LogP contribution in [0.2, 0.25) is 0 Å². The zero-order chi connectivity index (χ0) is 28.3. The lowest BCUT2D eigenvalue weighted by Crippen LogP contribution is -2.51. The largest absolute Gasteiger partial charge is 0.465 e. The average molecular weight is 569 g/mol. The van der Waals surface area contributed by atoms with Gasteiger partial charge < -0.3 is 4.74 Å². The van der Waals surface area contributed by atoms with Gasteiger partial charge in [-0.2, -0.15) is 17.0 Å². The maximum absolute atomic E-state index is 13.6. The fourth-order valence-electron chi connectivity index (χ4n) is 3.78. The van der Waals surface area contributed by atoms with Crippen LogP contribution in [0.15, 0.2) is 54.6 Å². The minimum atomic E-state index is -3.88. The van der Waals surface area contributed by atoms with E-state index in [1.54, 1.807) is 55.6 Å². The lowest BCUT2D eigenvalue weighted by atomic mass is 10.1. The van der Waals surface area contributed by atoms with E-state index < -0.39 is 26.2 Å². The van der Waals surface area contributed by atoms with E-state index in [1.807, 2.05) is 6.07 Å². The SMILES string of the molecule is CCC.COC(=O)c1ccc(CN(c2ccccc2)S(=O)(=O)N(C)CCN2CCN(S(C)(=O)=O)CC2)cc1. The molecule has 1 aliphatic rings. The van der Waals surface area contributed by atoms with E-state index in [0.717, 1.165) is 5.56 Å². The molecule has 2 aromatic carbocycles. The molecular weight excluding hydrogens is 528 g/mol. The molecule has 10 nitrogen and oxygen atoms in total. The van der Waals surface area contributed by atoms with E-state index in [1.165, 1.54) is 32.7 Å². The second-order valence-electron chi connectivity index (χ2n) is 9.07. The van der Waals surface area contributed by atoms with Gasteiger partial charge in [0.05, 0.1) is 31.2 Å². The Morgan fingerprint density at radius 2 is 1.47 bits per heavy atom. The van der Waals surface area contributed by atoms with Crippen LogP contribution < -0.4 is 4.31 Å². The summed E-state index contributed by atoms with van der Waals surface area (Å²) in [6.45, 7) is 6.98. The van der Waals surface area contributed by atoms with Crippen LogP contribution in [0.4, 0.5) is 5.69 Å². The zero-order valence-corrected chi connectivity index (χ0v) is 24.5. The summed E-state index contributed by atoms with van der Waals surface area (Å²) in [5, 5.41) is 0. The van der Waals surface area contributed by atoms with Crippen molar-refractivity contribution in [1.82, 2.24) is 13.5 Å². The molecule has 2 aromatic rings. The number of para-hydroxylation sites is 1. The van der Waals surface area contributed by atoms with Crippen LogP contribution in [0, 0.1) is 0 Å². The van der Waals surface area contributed by atoms with Gasteiger partial charge in [0.2, 0.25) is 10.0 Å². The Morgan fingerprint density at radius 3 is 1.97 bits per heavy atom. The molecule has 3 rings (SSSR count). The number of esters is 1. The number of benzene rings is 2. The van der Waals surface area contributed by atoms with Crippen molar-refractivity contribution in [2.75, 3.05) is 64.0 Å². The second kappa shape index (κ2) is 14.6. The molecule has 0 spiro atoms. The summed E-state index contributed by atoms with van der Waals surface area (Å²) in [5.74, 6) is -0.457. The van der Waals surface area contributed by atoms with Gasteiger partial charge in [-0.3, -0.25) is 9.21 Å². The normalized spacial score (nSPS) is 15.0. The molecule has 1 saturated heterocycles. The number of carbonyl (C=O) groups is 1. The van der Waals surface area contributed by atoms with Crippen LogP contribution in [0.25, 0.3) is 0 Å². The van der Waals surface area contributed by atoms with Crippen molar-refractivity contribution in [3.05, 3.63) is 65.7 Å². The summed E-state index contributed by atoms with van der Waals surface area (Å²) in [5.41, 5.74) is 1.63. The monoisotopic (exact) mass is 568 g/mol. The Kier molecular flexibility index (Phi) is 12.2. The number of methoxy groups -OCH3 is 1. The molecule has 0 bridgehead atoms. The van der Waals surface area contributed by atoms with E-state index in [4.69, 9.17) is 4.74 Å². The molecule has 0 N–H and O–H groups in total. The first-order chi connectivity index (χ1) is 17.9. The number of likely N-dealkylation sites (N-methyl/N-ethyl adjacent to an activating group) is 1. The number of hydrogen-bond donors (Lipinski definition) is 0. The number of sulfonamides is 1. The Hall–Kier alpha value is -2.51. The molecule has 0 aliphatic carbocycles. The van der Waals surface area contributed by atoms with Crippen molar-refractivity contribution >= 4 is 31.9 Å². The molecular formula is C26H40N4O6S2. The van der Waals surface area contributed by atoms with E-state index in [9.17, 15) is 21.6 Å². The molecule has 12 heteroatoms. The van der Waals surface area contributed by atoms with Crippen LogP contribution in [0.5, 0.6) is 0 Å². The van der Waals surface area contributed by atoms with Crippen LogP contribution in [-0.4, -0.2) is 96.0 Å². The number of carbonyl (C=O) groups excluding carboxylic acids is 1. The standard InChI is InChI=1S/C23H32N4O6S2.C3H8/c1-24(13-14-25-15-17-26(18-16-25)34(3,29)30)35(31,32)27(22-7-5-4-6-8-22)19-20-9-11-21(12-10-20)23(28)33-2;1-3-2/h4-12H,13-19H2,1-3H3;3H2,1-2H3. The third-order valence-corrected chi connectivity index (χ3v) is 9.12. The first-order valence-corrected chi connectivity index (χ1v) is 15.8. The van der Waals surface area contributed by atoms with Gasteiger partial charge in [0.25, 0.3) is 0 Å². The minimum Gasteiger partial charge on any atom is -0.465 e. The number of piperazine rings is 1. The summed E-state index contributed by atoms with van der Waals surface area (Å²) in [6.07, 6.45) is 2.45. The third kappa shape index (κ3) is 9.05. The van der Waals surface area contributed by atoms with E-state index in [2.05, 4.69) is 18.7 Å². The number of ether oxygens (including phenoxy) is 1. The van der Waals surface area contributed by atoms with Gasteiger partial charge in [-0.1, -0.05) is 50.6 Å². The van der Waals surface area contributed by atoms with Crippen molar-refractivity contribution in [2.45, 2.75) is 26.8 Å². The minimum absolute atomic E-state index is 0.0885. The quantitative estimate of drug-likeness (QED) is 0.406. The molecule has 1 fully saturated rings. The summed E-state index contributed by atoms with van der Waals surface area (Å²) in [7, 11) is -4.25. The van der Waals surface area contributed by atoms with E-state index in [-0.39, 0.29) is 13.1 Å². The number of anilines is 1. The molecule has 212 valence electrons. The topological polar surface area (TPSA) is 108 Å². The molecule has 0 atom stereocenters. The maximum Gasteiger partial charge on any atom is 0.337 e. The summed E-state index contributed by atoms with van der Waals surface area (Å²) in [6, 6.07) is 15.5. The Labute approximate surface area is 228 Å². The van der Waals surface area contributed by atoms with Gasteiger partial charge in [-0.25, -0.2) is 13.2 Å². The van der Waals surface area contributed by atoms with Crippen molar-refractivity contribution in [3.63, 3.8) is 0 Å². The molecule has 38 heavy (non-hydrogen) atoms. The van der Waals surface area contributed by atoms with Gasteiger partial charge in [-0.15, -0.1) is 0 Å². The van der Waals surface area contributed by atoms with Crippen LogP contribution >= 0.6 is 0 Å². The highest BCUT2D eigenvalue weighted by atomic mass is 32.2. The highest BCUT2D eigenvalue weighted by Gasteiger charge is 2.29. The van der Waals surface area contributed by atoms with Crippen molar-refractivity contribution in [3.8, 4) is 0 Å². The number of rotatable bonds is 10. The summed E-state index contributed by atoms with van der Waals surface area (Å²) >= 11 is 0. The molecule has 0 radical (unpaired) electrons. The number of nitrogens with zero attached hydrogens (tertiary/aromatic N) is 4. The van der Waals surface area contributed by atoms with Crippen LogP contribution in [0.3, 0.4) is 0 Å². The van der Waals surface area contributed by atoms with Gasteiger partial charge >= 0.3 is 16.2 Å². The molecule has 1 aliphatic heterocycles. The molecule has 0 unspecified atom stereocenters. The smallest absolute Gasteiger partial charge is 0.337 e. The lowest BCUT2D eigenvalue weighted by Gasteiger charge is -2.35. The third-order valence-electron chi connectivity index (χ3n) is 5.95. The van der Waals surface area contributed by atoms with E-state index in [0.29, 0.717) is 44.0 Å². The second-order valence-corrected chi connectivity index (χ2v) is 13.0. The predicted molar refractivity (Wildman–Crippen MR) is 151 cm³/mol. The molecule has 0 amide bonds. The first kappa shape index (κ1) is 31.7. The zero-order valence-electron chi connectivity index (χ0n) is 22.9. The fraction of sp³-hybridized carbons (Fsp3) is 0.500. The van der Waals surface area contributed by atoms with Crippen molar-refractivity contribution in [1.29, 1.82) is 0 Å². The summed E-state index contributed by atoms with van der Waals surface area (Å²) in [4.78, 5) is 13.8. The van der Waals surface area contributed by atoms with Gasteiger partial charge in [0.1, 0.15) is 0 Å². The fourth-order valence-corrected chi connectivity index (χ4v) is 5.96. The number of hydrogen-bond acceptors (Lipinski definition) is 7. The first-order valence-electron chi connectivity index (χ1n) is 12.6. The van der Waals surface area contributed by atoms with Crippen molar-refractivity contribution < 1.29 is 26.4 Å². The van der Waals surface area contributed by atoms with Crippen LogP contribution in [-0.2, 0) is 31.5 Å². The molecule has 1 heterocycles. The van der Waals surface area contributed by atoms with Crippen molar-refractivity contribution in [2.24, 2.45) is 0 Å². The molecule has 0 saturated carbocycles. The predicted octanol–water partition coefficient (Wildman–Crippen LogP) is 2.65. The highest BCUT2D eigenvalue weighted by molar-refractivity contribution is 7.90. The molecule has 0 aromatic heterocycles. The van der Waals surface area contributed by atoms with Gasteiger partial charge in [-0.05, 0) is 29.8 Å². The average Bonchev–Trinajstić information content (AvgIpc) is 2.90. The summed E-state index contributed by atoms with van der Waals surface area (Å²) < 4.78 is 59.4. The highest BCUT2D eigenvalue weighted by Crippen LogP contribution is 2.23.